The van der Waals surface area contributed by atoms with Crippen LogP contribution < -0.4 is 5.73 Å². The second kappa shape index (κ2) is 4.99. The SMILES string of the molecule is C[C@@H]1CN(CC2C(N)C(C)(C)OC2(C)C)C[C@H](C)O1. The van der Waals surface area contributed by atoms with Crippen LogP contribution in [0.5, 0.6) is 0 Å². The number of hydrogen-bond acceptors (Lipinski definition) is 4. The number of hydrogen-bond donors (Lipinski definition) is 1. The molecule has 2 saturated heterocycles. The summed E-state index contributed by atoms with van der Waals surface area (Å²) in [6.45, 7) is 15.8. The molecular formula is C15H30N2O2. The molecule has 0 aromatic heterocycles. The van der Waals surface area contributed by atoms with Crippen molar-refractivity contribution in [1.82, 2.24) is 4.90 Å². The van der Waals surface area contributed by atoms with E-state index >= 15 is 0 Å². The fourth-order valence-corrected chi connectivity index (χ4v) is 3.78. The third-order valence-electron chi connectivity index (χ3n) is 4.61. The Balaban J connectivity index is 2.05. The average molecular weight is 270 g/mol. The Kier molecular flexibility index (Phi) is 4.00. The molecular weight excluding hydrogens is 240 g/mol. The van der Waals surface area contributed by atoms with Crippen molar-refractivity contribution < 1.29 is 9.47 Å². The predicted molar refractivity (Wildman–Crippen MR) is 77.2 cm³/mol. The van der Waals surface area contributed by atoms with Gasteiger partial charge in [0.2, 0.25) is 0 Å². The minimum atomic E-state index is -0.238. The summed E-state index contributed by atoms with van der Waals surface area (Å²) in [5.41, 5.74) is 6.04. The molecule has 0 amide bonds. The van der Waals surface area contributed by atoms with E-state index in [0.29, 0.717) is 18.1 Å². The second-order valence-electron chi connectivity index (χ2n) is 7.42. The van der Waals surface area contributed by atoms with Gasteiger partial charge in [-0.05, 0) is 41.5 Å². The van der Waals surface area contributed by atoms with Crippen LogP contribution in [0.15, 0.2) is 0 Å². The van der Waals surface area contributed by atoms with E-state index in [9.17, 15) is 0 Å². The van der Waals surface area contributed by atoms with Crippen LogP contribution in [0.25, 0.3) is 0 Å². The van der Waals surface area contributed by atoms with Crippen LogP contribution in [0.3, 0.4) is 0 Å². The van der Waals surface area contributed by atoms with E-state index in [2.05, 4.69) is 46.4 Å². The van der Waals surface area contributed by atoms with Crippen LogP contribution in [0, 0.1) is 5.92 Å². The summed E-state index contributed by atoms with van der Waals surface area (Å²) < 4.78 is 12.0. The Labute approximate surface area is 117 Å². The number of nitrogens with two attached hydrogens (primary N) is 1. The van der Waals surface area contributed by atoms with Gasteiger partial charge in [-0.1, -0.05) is 0 Å². The monoisotopic (exact) mass is 270 g/mol. The molecule has 0 aromatic carbocycles. The molecule has 2 N–H and O–H groups in total. The maximum absolute atomic E-state index is 6.44. The maximum Gasteiger partial charge on any atom is 0.0788 e. The van der Waals surface area contributed by atoms with Crippen molar-refractivity contribution in [3.8, 4) is 0 Å². The topological polar surface area (TPSA) is 47.7 Å². The highest BCUT2D eigenvalue weighted by Gasteiger charge is 2.52. The molecule has 112 valence electrons. The summed E-state index contributed by atoms with van der Waals surface area (Å²) in [5, 5.41) is 0. The van der Waals surface area contributed by atoms with Gasteiger partial charge in [0, 0.05) is 31.6 Å². The van der Waals surface area contributed by atoms with Crippen molar-refractivity contribution >= 4 is 0 Å². The van der Waals surface area contributed by atoms with Gasteiger partial charge in [0.25, 0.3) is 0 Å². The molecule has 0 saturated carbocycles. The highest BCUT2D eigenvalue weighted by molar-refractivity contribution is 5.05. The van der Waals surface area contributed by atoms with E-state index in [1.807, 2.05) is 0 Å². The lowest BCUT2D eigenvalue weighted by molar-refractivity contribution is -0.0924. The normalized spacial score (nSPS) is 42.5. The van der Waals surface area contributed by atoms with E-state index in [0.717, 1.165) is 19.6 Å². The number of morpholine rings is 1. The van der Waals surface area contributed by atoms with E-state index in [1.54, 1.807) is 0 Å². The summed E-state index contributed by atoms with van der Waals surface area (Å²) in [4.78, 5) is 2.48. The number of nitrogens with zero attached hydrogens (tertiary/aromatic N) is 1. The summed E-state index contributed by atoms with van der Waals surface area (Å²) >= 11 is 0. The second-order valence-corrected chi connectivity index (χ2v) is 7.42. The van der Waals surface area contributed by atoms with Crippen molar-refractivity contribution in [2.45, 2.75) is 71.0 Å². The first-order chi connectivity index (χ1) is 8.62. The van der Waals surface area contributed by atoms with Crippen LogP contribution in [0.2, 0.25) is 0 Å². The fourth-order valence-electron chi connectivity index (χ4n) is 3.78. The Morgan fingerprint density at radius 1 is 1.05 bits per heavy atom. The minimum Gasteiger partial charge on any atom is -0.373 e. The lowest BCUT2D eigenvalue weighted by atomic mass is 9.82. The third kappa shape index (κ3) is 3.13. The van der Waals surface area contributed by atoms with Crippen molar-refractivity contribution in [3.05, 3.63) is 0 Å². The molecule has 0 aromatic rings. The lowest BCUT2D eigenvalue weighted by Gasteiger charge is -2.39. The third-order valence-corrected chi connectivity index (χ3v) is 4.61. The maximum atomic E-state index is 6.44. The molecule has 2 fully saturated rings. The first-order valence-corrected chi connectivity index (χ1v) is 7.45. The molecule has 19 heavy (non-hydrogen) atoms. The smallest absolute Gasteiger partial charge is 0.0788 e. The average Bonchev–Trinajstić information content (AvgIpc) is 2.35. The van der Waals surface area contributed by atoms with E-state index in [1.165, 1.54) is 0 Å². The highest BCUT2D eigenvalue weighted by Crippen LogP contribution is 2.41. The van der Waals surface area contributed by atoms with E-state index < -0.39 is 0 Å². The zero-order valence-corrected chi connectivity index (χ0v) is 13.3. The minimum absolute atomic E-state index is 0.0796. The summed E-state index contributed by atoms with van der Waals surface area (Å²) in [6, 6.07) is 0.0796. The zero-order valence-electron chi connectivity index (χ0n) is 13.3. The molecule has 2 rings (SSSR count). The summed E-state index contributed by atoms with van der Waals surface area (Å²) in [6.07, 6.45) is 0.608. The highest BCUT2D eigenvalue weighted by atomic mass is 16.5. The van der Waals surface area contributed by atoms with Crippen molar-refractivity contribution in [3.63, 3.8) is 0 Å². The molecule has 0 aliphatic carbocycles. The van der Waals surface area contributed by atoms with Crippen LogP contribution in [0.1, 0.15) is 41.5 Å². The molecule has 0 spiro atoms. The molecule has 2 aliphatic heterocycles. The summed E-state index contributed by atoms with van der Waals surface area (Å²) in [5.74, 6) is 0.361. The van der Waals surface area contributed by atoms with E-state index in [4.69, 9.17) is 15.2 Å². The van der Waals surface area contributed by atoms with Gasteiger partial charge >= 0.3 is 0 Å². The predicted octanol–water partition coefficient (Wildman–Crippen LogP) is 1.63. The van der Waals surface area contributed by atoms with Crippen LogP contribution >= 0.6 is 0 Å². The van der Waals surface area contributed by atoms with Crippen LogP contribution in [0.4, 0.5) is 0 Å². The quantitative estimate of drug-likeness (QED) is 0.828. The van der Waals surface area contributed by atoms with Crippen LogP contribution in [-0.2, 0) is 9.47 Å². The van der Waals surface area contributed by atoms with Crippen LogP contribution in [-0.4, -0.2) is 54.0 Å². The van der Waals surface area contributed by atoms with Crippen molar-refractivity contribution in [2.75, 3.05) is 19.6 Å². The molecule has 4 nitrogen and oxygen atoms in total. The zero-order chi connectivity index (χ0) is 14.4. The largest absolute Gasteiger partial charge is 0.373 e. The van der Waals surface area contributed by atoms with Gasteiger partial charge in [0.1, 0.15) is 0 Å². The van der Waals surface area contributed by atoms with Gasteiger partial charge in [-0.15, -0.1) is 0 Å². The van der Waals surface area contributed by atoms with Gasteiger partial charge in [0.15, 0.2) is 0 Å². The number of ether oxygens (including phenoxy) is 2. The number of rotatable bonds is 2. The molecule has 4 atom stereocenters. The van der Waals surface area contributed by atoms with Gasteiger partial charge in [-0.3, -0.25) is 4.90 Å². The first kappa shape index (κ1) is 15.2. The molecule has 2 heterocycles. The lowest BCUT2D eigenvalue weighted by Crippen LogP contribution is -2.52. The van der Waals surface area contributed by atoms with Crippen molar-refractivity contribution in [2.24, 2.45) is 11.7 Å². The Hall–Kier alpha value is -0.160. The molecule has 0 radical (unpaired) electrons. The van der Waals surface area contributed by atoms with E-state index in [-0.39, 0.29) is 17.2 Å². The Morgan fingerprint density at radius 2 is 1.58 bits per heavy atom. The standard InChI is InChI=1S/C15H30N2O2/c1-10-7-17(8-11(2)18-10)9-12-13(16)15(5,6)19-14(12,3)4/h10-13H,7-9,16H2,1-6H3/t10-,11+,12?,13?. The molecule has 0 bridgehead atoms. The molecule has 2 aliphatic rings. The Morgan fingerprint density at radius 3 is 2.00 bits per heavy atom. The van der Waals surface area contributed by atoms with Gasteiger partial charge in [-0.2, -0.15) is 0 Å². The van der Waals surface area contributed by atoms with Gasteiger partial charge < -0.3 is 15.2 Å². The van der Waals surface area contributed by atoms with Gasteiger partial charge in [0.05, 0.1) is 23.4 Å². The molecule has 2 unspecified atom stereocenters. The fraction of sp³-hybridized carbons (Fsp3) is 1.00. The van der Waals surface area contributed by atoms with Crippen molar-refractivity contribution in [1.29, 1.82) is 0 Å². The molecule has 4 heteroatoms. The first-order valence-electron chi connectivity index (χ1n) is 7.45. The summed E-state index contributed by atoms with van der Waals surface area (Å²) in [7, 11) is 0. The Bertz CT molecular complexity index is 320. The van der Waals surface area contributed by atoms with Gasteiger partial charge in [-0.25, -0.2) is 0 Å².